The van der Waals surface area contributed by atoms with Gasteiger partial charge in [0.25, 0.3) is 0 Å². The first kappa shape index (κ1) is 15.4. The van der Waals surface area contributed by atoms with Crippen LogP contribution in [0.25, 0.3) is 0 Å². The maximum atomic E-state index is 12.9. The summed E-state index contributed by atoms with van der Waals surface area (Å²) < 4.78 is 25.0. The molecule has 0 N–H and O–H groups in total. The molecule has 0 aliphatic carbocycles. The zero-order valence-electron chi connectivity index (χ0n) is 13.3. The first-order valence-corrected chi connectivity index (χ1v) is 8.09. The molecule has 4 rings (SSSR count). The Morgan fingerprint density at radius 3 is 2.75 bits per heavy atom. The summed E-state index contributed by atoms with van der Waals surface area (Å²) in [4.78, 5) is 14.1. The van der Waals surface area contributed by atoms with Gasteiger partial charge in [-0.2, -0.15) is 0 Å². The number of rotatable bonds is 4. The molecule has 0 saturated carbocycles. The molecule has 2 aliphatic rings. The lowest BCUT2D eigenvalue weighted by Gasteiger charge is -2.52. The lowest BCUT2D eigenvalue weighted by Crippen LogP contribution is -2.66. The van der Waals surface area contributed by atoms with Gasteiger partial charge in [0.2, 0.25) is 5.95 Å². The van der Waals surface area contributed by atoms with E-state index in [0.29, 0.717) is 32.3 Å². The molecule has 126 valence electrons. The molecule has 0 aromatic carbocycles. The van der Waals surface area contributed by atoms with Crippen LogP contribution >= 0.6 is 0 Å². The Labute approximate surface area is 139 Å². The maximum Gasteiger partial charge on any atom is 0.225 e. The number of ether oxygens (including phenoxy) is 2. The monoisotopic (exact) mass is 330 g/mol. The van der Waals surface area contributed by atoms with Crippen molar-refractivity contribution in [2.45, 2.75) is 31.2 Å². The molecule has 0 bridgehead atoms. The van der Waals surface area contributed by atoms with Crippen LogP contribution in [0.2, 0.25) is 0 Å². The molecule has 6 nitrogen and oxygen atoms in total. The Morgan fingerprint density at radius 2 is 2.00 bits per heavy atom. The smallest absolute Gasteiger partial charge is 0.225 e. The van der Waals surface area contributed by atoms with Gasteiger partial charge in [0, 0.05) is 25.4 Å². The van der Waals surface area contributed by atoms with E-state index in [1.807, 2.05) is 17.0 Å². The van der Waals surface area contributed by atoms with Crippen LogP contribution in [0, 0.1) is 5.82 Å². The minimum atomic E-state index is -0.424. The second-order valence-electron chi connectivity index (χ2n) is 6.37. The van der Waals surface area contributed by atoms with Crippen LogP contribution in [0.4, 0.5) is 10.3 Å². The maximum absolute atomic E-state index is 12.9. The minimum absolute atomic E-state index is 0.184. The number of hydrogen-bond donors (Lipinski definition) is 0. The van der Waals surface area contributed by atoms with Gasteiger partial charge >= 0.3 is 0 Å². The number of anilines is 1. The normalized spacial score (nSPS) is 22.4. The van der Waals surface area contributed by atoms with Crippen LogP contribution < -0.4 is 4.90 Å². The Balaban J connectivity index is 1.32. The van der Waals surface area contributed by atoms with E-state index in [4.69, 9.17) is 9.47 Å². The van der Waals surface area contributed by atoms with Crippen LogP contribution in [0.3, 0.4) is 0 Å². The molecule has 0 amide bonds. The van der Waals surface area contributed by atoms with Gasteiger partial charge in [-0.3, -0.25) is 4.98 Å². The highest BCUT2D eigenvalue weighted by molar-refractivity contribution is 5.37. The molecule has 2 saturated heterocycles. The third-order valence-corrected chi connectivity index (χ3v) is 4.53. The molecule has 4 heterocycles. The van der Waals surface area contributed by atoms with Crippen LogP contribution in [-0.4, -0.2) is 46.4 Å². The highest BCUT2D eigenvalue weighted by atomic mass is 19.1. The van der Waals surface area contributed by atoms with E-state index in [9.17, 15) is 4.39 Å². The van der Waals surface area contributed by atoms with Gasteiger partial charge in [-0.05, 0) is 24.1 Å². The number of hydrogen-bond acceptors (Lipinski definition) is 6. The van der Waals surface area contributed by atoms with Crippen molar-refractivity contribution < 1.29 is 13.9 Å². The SMILES string of the molecule is Fc1cnc(N2CC3(C[C@H](OCc4ccncc4)CCO3)C2)nc1. The number of nitrogens with zero attached hydrogens (tertiary/aromatic N) is 4. The molecule has 1 spiro atoms. The number of halogens is 1. The summed E-state index contributed by atoms with van der Waals surface area (Å²) >= 11 is 0. The molecular formula is C17H19FN4O2. The molecular weight excluding hydrogens is 311 g/mol. The minimum Gasteiger partial charge on any atom is -0.373 e. The molecule has 7 heteroatoms. The Kier molecular flexibility index (Phi) is 4.12. The summed E-state index contributed by atoms with van der Waals surface area (Å²) in [5.41, 5.74) is 0.930. The largest absolute Gasteiger partial charge is 0.373 e. The average molecular weight is 330 g/mol. The molecule has 24 heavy (non-hydrogen) atoms. The Morgan fingerprint density at radius 1 is 1.25 bits per heavy atom. The van der Waals surface area contributed by atoms with Crippen LogP contribution in [-0.2, 0) is 16.1 Å². The Hall–Kier alpha value is -2.12. The zero-order valence-corrected chi connectivity index (χ0v) is 13.3. The van der Waals surface area contributed by atoms with Crippen molar-refractivity contribution in [3.63, 3.8) is 0 Å². The van der Waals surface area contributed by atoms with Crippen molar-refractivity contribution in [1.82, 2.24) is 15.0 Å². The quantitative estimate of drug-likeness (QED) is 0.854. The molecule has 2 aromatic rings. The van der Waals surface area contributed by atoms with Gasteiger partial charge in [0.15, 0.2) is 5.82 Å². The molecule has 2 fully saturated rings. The summed E-state index contributed by atoms with van der Waals surface area (Å²) in [5.74, 6) is 0.123. The van der Waals surface area contributed by atoms with E-state index in [1.54, 1.807) is 12.4 Å². The lowest BCUT2D eigenvalue weighted by atomic mass is 9.85. The van der Waals surface area contributed by atoms with Gasteiger partial charge in [-0.1, -0.05) is 0 Å². The van der Waals surface area contributed by atoms with Crippen LogP contribution in [0.15, 0.2) is 36.9 Å². The van der Waals surface area contributed by atoms with Crippen molar-refractivity contribution >= 4 is 5.95 Å². The molecule has 1 atom stereocenters. The summed E-state index contributed by atoms with van der Waals surface area (Å²) in [6.45, 7) is 2.72. The summed E-state index contributed by atoms with van der Waals surface area (Å²) in [5, 5.41) is 0. The number of aromatic nitrogens is 3. The molecule has 0 radical (unpaired) electrons. The highest BCUT2D eigenvalue weighted by Gasteiger charge is 2.48. The second-order valence-corrected chi connectivity index (χ2v) is 6.37. The van der Waals surface area contributed by atoms with E-state index in [-0.39, 0.29) is 11.7 Å². The first-order valence-electron chi connectivity index (χ1n) is 8.09. The predicted molar refractivity (Wildman–Crippen MR) is 84.9 cm³/mol. The van der Waals surface area contributed by atoms with E-state index < -0.39 is 5.82 Å². The zero-order chi connectivity index (χ0) is 16.4. The summed E-state index contributed by atoms with van der Waals surface area (Å²) in [6.07, 6.45) is 7.87. The van der Waals surface area contributed by atoms with E-state index in [2.05, 4.69) is 15.0 Å². The highest BCUT2D eigenvalue weighted by Crippen LogP contribution is 2.36. The third kappa shape index (κ3) is 3.22. The van der Waals surface area contributed by atoms with E-state index >= 15 is 0 Å². The van der Waals surface area contributed by atoms with Gasteiger partial charge in [-0.15, -0.1) is 0 Å². The molecule has 2 aliphatic heterocycles. The average Bonchev–Trinajstić information content (AvgIpc) is 2.60. The fourth-order valence-electron chi connectivity index (χ4n) is 3.30. The van der Waals surface area contributed by atoms with Crippen molar-refractivity contribution in [3.05, 3.63) is 48.3 Å². The van der Waals surface area contributed by atoms with Crippen molar-refractivity contribution in [2.24, 2.45) is 0 Å². The van der Waals surface area contributed by atoms with Gasteiger partial charge in [0.05, 0.1) is 38.2 Å². The molecule has 0 unspecified atom stereocenters. The second kappa shape index (κ2) is 6.41. The molecule has 2 aromatic heterocycles. The number of pyridine rings is 1. The van der Waals surface area contributed by atoms with Crippen LogP contribution in [0.5, 0.6) is 0 Å². The van der Waals surface area contributed by atoms with E-state index in [0.717, 1.165) is 18.4 Å². The van der Waals surface area contributed by atoms with Gasteiger partial charge in [-0.25, -0.2) is 14.4 Å². The van der Waals surface area contributed by atoms with Gasteiger partial charge in [0.1, 0.15) is 5.60 Å². The van der Waals surface area contributed by atoms with Gasteiger partial charge < -0.3 is 14.4 Å². The van der Waals surface area contributed by atoms with Crippen molar-refractivity contribution in [2.75, 3.05) is 24.6 Å². The van der Waals surface area contributed by atoms with Crippen LogP contribution in [0.1, 0.15) is 18.4 Å². The standard InChI is InChI=1S/C17H19FN4O2/c18-14-8-20-16(21-9-14)22-11-17(12-22)7-15(3-6-24-17)23-10-13-1-4-19-5-2-13/h1-2,4-5,8-9,15H,3,6-7,10-12H2/t15-/m1/s1. The predicted octanol–water partition coefficient (Wildman–Crippen LogP) is 1.97. The Bertz CT molecular complexity index is 677. The van der Waals surface area contributed by atoms with Crippen molar-refractivity contribution in [1.29, 1.82) is 0 Å². The first-order chi connectivity index (χ1) is 11.7. The fraction of sp³-hybridized carbons (Fsp3) is 0.471. The summed E-state index contributed by atoms with van der Waals surface area (Å²) in [6, 6.07) is 3.93. The third-order valence-electron chi connectivity index (χ3n) is 4.53. The topological polar surface area (TPSA) is 60.4 Å². The summed E-state index contributed by atoms with van der Waals surface area (Å²) in [7, 11) is 0. The fourth-order valence-corrected chi connectivity index (χ4v) is 3.30. The van der Waals surface area contributed by atoms with Crippen molar-refractivity contribution in [3.8, 4) is 0 Å². The lowest BCUT2D eigenvalue weighted by molar-refractivity contribution is -0.148. The van der Waals surface area contributed by atoms with E-state index in [1.165, 1.54) is 12.4 Å².